The van der Waals surface area contributed by atoms with E-state index in [-0.39, 0.29) is 32.6 Å². The van der Waals surface area contributed by atoms with E-state index in [1.165, 1.54) is 7.11 Å². The molecule has 1 aliphatic rings. The molecule has 1 aromatic carbocycles. The van der Waals surface area contributed by atoms with Crippen molar-refractivity contribution in [3.05, 3.63) is 35.4 Å². The van der Waals surface area contributed by atoms with Gasteiger partial charge in [-0.25, -0.2) is 0 Å². The zero-order chi connectivity index (χ0) is 27.1. The molecule has 2 rings (SSSR count). The van der Waals surface area contributed by atoms with E-state index in [1.54, 1.807) is 52.0 Å². The highest BCUT2D eigenvalue weighted by molar-refractivity contribution is 6.21. The van der Waals surface area contributed by atoms with Gasteiger partial charge in [0.2, 0.25) is 0 Å². The highest BCUT2D eigenvalue weighted by Crippen LogP contribution is 2.36. The molecule has 0 saturated carbocycles. The number of amides is 2. The first kappa shape index (κ1) is 29.0. The first-order valence-corrected chi connectivity index (χ1v) is 12.2. The molecular weight excluding hydrogens is 466 g/mol. The Kier molecular flexibility index (Phi) is 9.78. The van der Waals surface area contributed by atoms with Crippen molar-refractivity contribution in [3.8, 4) is 0 Å². The van der Waals surface area contributed by atoms with Crippen LogP contribution in [0.4, 0.5) is 0 Å². The SMILES string of the molecule is CCCCOC(=O)C(CC(C)(C)C(=O)OC)CC(C)(C)C(=O)OCCN1C(=O)c2ccccc2C1=O. The van der Waals surface area contributed by atoms with E-state index in [4.69, 9.17) is 14.2 Å². The van der Waals surface area contributed by atoms with Crippen molar-refractivity contribution in [2.45, 2.75) is 60.3 Å². The fourth-order valence-corrected chi connectivity index (χ4v) is 4.22. The third kappa shape index (κ3) is 6.92. The van der Waals surface area contributed by atoms with Crippen LogP contribution in [-0.4, -0.2) is 61.5 Å². The molecule has 36 heavy (non-hydrogen) atoms. The third-order valence-corrected chi connectivity index (χ3v) is 6.31. The van der Waals surface area contributed by atoms with Crippen LogP contribution >= 0.6 is 0 Å². The normalized spacial score (nSPS) is 14.3. The lowest BCUT2D eigenvalue weighted by Gasteiger charge is -2.31. The van der Waals surface area contributed by atoms with E-state index in [2.05, 4.69) is 0 Å². The molecule has 1 atom stereocenters. The van der Waals surface area contributed by atoms with Gasteiger partial charge in [0, 0.05) is 0 Å². The Labute approximate surface area is 212 Å². The molecule has 9 nitrogen and oxygen atoms in total. The summed E-state index contributed by atoms with van der Waals surface area (Å²) in [5.41, 5.74) is -1.41. The minimum absolute atomic E-state index is 0.0774. The largest absolute Gasteiger partial charge is 0.469 e. The molecule has 0 aromatic heterocycles. The Balaban J connectivity index is 2.03. The van der Waals surface area contributed by atoms with Gasteiger partial charge in [0.25, 0.3) is 11.8 Å². The van der Waals surface area contributed by atoms with Crippen LogP contribution in [0.5, 0.6) is 0 Å². The van der Waals surface area contributed by atoms with Gasteiger partial charge in [-0.3, -0.25) is 28.9 Å². The summed E-state index contributed by atoms with van der Waals surface area (Å²) in [6, 6.07) is 6.53. The smallest absolute Gasteiger partial charge is 0.311 e. The van der Waals surface area contributed by atoms with Crippen LogP contribution in [0.15, 0.2) is 24.3 Å². The molecule has 0 radical (unpaired) electrons. The maximum Gasteiger partial charge on any atom is 0.311 e. The summed E-state index contributed by atoms with van der Waals surface area (Å²) in [4.78, 5) is 64.1. The number of ether oxygens (including phenoxy) is 3. The lowest BCUT2D eigenvalue weighted by molar-refractivity contribution is -0.160. The molecule has 0 fully saturated rings. The van der Waals surface area contributed by atoms with Gasteiger partial charge in [-0.15, -0.1) is 0 Å². The van der Waals surface area contributed by atoms with Crippen molar-refractivity contribution >= 4 is 29.7 Å². The summed E-state index contributed by atoms with van der Waals surface area (Å²) < 4.78 is 15.7. The average Bonchev–Trinajstić information content (AvgIpc) is 3.07. The fourth-order valence-electron chi connectivity index (χ4n) is 4.22. The molecule has 0 bridgehead atoms. The Morgan fingerprint density at radius 2 is 1.39 bits per heavy atom. The van der Waals surface area contributed by atoms with Crippen molar-refractivity contribution in [2.75, 3.05) is 26.9 Å². The number of unbranched alkanes of at least 4 members (excludes halogenated alkanes) is 1. The van der Waals surface area contributed by atoms with Crippen LogP contribution in [0.2, 0.25) is 0 Å². The fraction of sp³-hybridized carbons (Fsp3) is 0.593. The zero-order valence-corrected chi connectivity index (χ0v) is 22.0. The van der Waals surface area contributed by atoms with Gasteiger partial charge in [0.1, 0.15) is 6.61 Å². The highest BCUT2D eigenvalue weighted by atomic mass is 16.5. The number of rotatable bonds is 13. The third-order valence-electron chi connectivity index (χ3n) is 6.31. The van der Waals surface area contributed by atoms with Crippen molar-refractivity contribution in [1.29, 1.82) is 0 Å². The summed E-state index contributed by atoms with van der Waals surface area (Å²) >= 11 is 0. The first-order chi connectivity index (χ1) is 16.9. The van der Waals surface area contributed by atoms with Crippen molar-refractivity contribution < 1.29 is 38.2 Å². The predicted molar refractivity (Wildman–Crippen MR) is 131 cm³/mol. The molecule has 0 aliphatic carbocycles. The minimum Gasteiger partial charge on any atom is -0.469 e. The number of fused-ring (bicyclic) bond motifs is 1. The highest BCUT2D eigenvalue weighted by Gasteiger charge is 2.41. The van der Waals surface area contributed by atoms with E-state index in [1.807, 2.05) is 6.92 Å². The molecule has 0 spiro atoms. The molecule has 1 aliphatic heterocycles. The number of imide groups is 1. The van der Waals surface area contributed by atoms with Crippen LogP contribution < -0.4 is 0 Å². The summed E-state index contributed by atoms with van der Waals surface area (Å²) in [7, 11) is 1.29. The Morgan fingerprint density at radius 3 is 1.89 bits per heavy atom. The van der Waals surface area contributed by atoms with Crippen molar-refractivity contribution in [3.63, 3.8) is 0 Å². The Morgan fingerprint density at radius 1 is 0.861 bits per heavy atom. The topological polar surface area (TPSA) is 116 Å². The number of carbonyl (C=O) groups excluding carboxylic acids is 5. The lowest BCUT2D eigenvalue weighted by atomic mass is 9.75. The maximum atomic E-state index is 12.9. The molecule has 0 saturated heterocycles. The predicted octanol–water partition coefficient (Wildman–Crippen LogP) is 3.79. The number of esters is 3. The molecule has 1 aromatic rings. The standard InChI is InChI=1S/C27H37NO8/c1-7-8-14-35-23(31)18(16-26(2,3)24(32)34-6)17-27(4,5)25(33)36-15-13-28-21(29)19-11-9-10-12-20(19)22(28)30/h9-12,18H,7-8,13-17H2,1-6H3. The maximum absolute atomic E-state index is 12.9. The summed E-state index contributed by atoms with van der Waals surface area (Å²) in [6.45, 7) is 8.64. The van der Waals surface area contributed by atoms with Crippen LogP contribution in [0.1, 0.15) is 81.0 Å². The van der Waals surface area contributed by atoms with E-state index in [9.17, 15) is 24.0 Å². The summed E-state index contributed by atoms with van der Waals surface area (Å²) in [5, 5.41) is 0. The number of carbonyl (C=O) groups is 5. The molecule has 1 heterocycles. The van der Waals surface area contributed by atoms with Crippen molar-refractivity contribution in [1.82, 2.24) is 4.90 Å². The quantitative estimate of drug-likeness (QED) is 0.173. The van der Waals surface area contributed by atoms with Gasteiger partial charge in [-0.05, 0) is 59.1 Å². The zero-order valence-electron chi connectivity index (χ0n) is 22.0. The molecule has 1 unspecified atom stereocenters. The van der Waals surface area contributed by atoms with E-state index < -0.39 is 46.5 Å². The van der Waals surface area contributed by atoms with Crippen LogP contribution in [0, 0.1) is 16.7 Å². The molecule has 9 heteroatoms. The van der Waals surface area contributed by atoms with Crippen molar-refractivity contribution in [2.24, 2.45) is 16.7 Å². The monoisotopic (exact) mass is 503 g/mol. The van der Waals surface area contributed by atoms with Gasteiger partial charge in [-0.1, -0.05) is 25.5 Å². The second kappa shape index (κ2) is 12.1. The molecule has 2 amide bonds. The number of hydrogen-bond donors (Lipinski definition) is 0. The Hall–Kier alpha value is -3.23. The van der Waals surface area contributed by atoms with Gasteiger partial charge < -0.3 is 14.2 Å². The first-order valence-electron chi connectivity index (χ1n) is 12.2. The van der Waals surface area contributed by atoms with Crippen LogP contribution in [-0.2, 0) is 28.6 Å². The molecule has 198 valence electrons. The second-order valence-corrected chi connectivity index (χ2v) is 10.3. The van der Waals surface area contributed by atoms with E-state index in [0.717, 1.165) is 11.3 Å². The van der Waals surface area contributed by atoms with Gasteiger partial charge in [0.05, 0.1) is 48.1 Å². The van der Waals surface area contributed by atoms with Gasteiger partial charge >= 0.3 is 17.9 Å². The van der Waals surface area contributed by atoms with Gasteiger partial charge in [0.15, 0.2) is 0 Å². The van der Waals surface area contributed by atoms with Crippen LogP contribution in [0.25, 0.3) is 0 Å². The average molecular weight is 504 g/mol. The number of methoxy groups -OCH3 is 1. The van der Waals surface area contributed by atoms with Crippen LogP contribution in [0.3, 0.4) is 0 Å². The number of nitrogens with zero attached hydrogens (tertiary/aromatic N) is 1. The summed E-state index contributed by atoms with van der Waals surface area (Å²) in [6.07, 6.45) is 1.79. The van der Waals surface area contributed by atoms with E-state index >= 15 is 0 Å². The minimum atomic E-state index is -1.09. The lowest BCUT2D eigenvalue weighted by Crippen LogP contribution is -2.38. The molecular formula is C27H37NO8. The second-order valence-electron chi connectivity index (χ2n) is 10.3. The number of benzene rings is 1. The molecule has 0 N–H and O–H groups in total. The Bertz CT molecular complexity index is 962. The number of hydrogen-bond acceptors (Lipinski definition) is 8. The van der Waals surface area contributed by atoms with Gasteiger partial charge in [-0.2, -0.15) is 0 Å². The van der Waals surface area contributed by atoms with E-state index in [0.29, 0.717) is 17.5 Å². The summed E-state index contributed by atoms with van der Waals surface area (Å²) in [5.74, 6) is -3.12.